The average Bonchev–Trinajstić information content (AvgIpc) is 2.10. The predicted octanol–water partition coefficient (Wildman–Crippen LogP) is 1.88. The smallest absolute Gasteiger partial charge is 0.239 e. The van der Waals surface area contributed by atoms with E-state index in [2.05, 4.69) is 10.3 Å². The van der Waals surface area contributed by atoms with Crippen molar-refractivity contribution < 1.29 is 4.74 Å². The maximum Gasteiger partial charge on any atom is 0.239 e. The molecule has 0 aliphatic rings. The van der Waals surface area contributed by atoms with E-state index in [-0.39, 0.29) is 6.10 Å². The predicted molar refractivity (Wildman–Crippen MR) is 58.6 cm³/mol. The molecule has 0 spiro atoms. The Balaban J connectivity index is 2.84. The van der Waals surface area contributed by atoms with E-state index in [0.29, 0.717) is 11.6 Å². The maximum atomic E-state index is 5.72. The second-order valence-electron chi connectivity index (χ2n) is 3.29. The molecule has 0 fully saturated rings. The van der Waals surface area contributed by atoms with Gasteiger partial charge in [0.25, 0.3) is 0 Å². The largest absolute Gasteiger partial charge is 0.473 e. The minimum Gasteiger partial charge on any atom is -0.473 e. The summed E-state index contributed by atoms with van der Waals surface area (Å²) in [7, 11) is 0. The molecule has 0 aliphatic heterocycles. The lowest BCUT2D eigenvalue weighted by Crippen LogP contribution is -2.10. The first kappa shape index (κ1) is 10.6. The van der Waals surface area contributed by atoms with Crippen molar-refractivity contribution in [1.82, 2.24) is 4.98 Å². The van der Waals surface area contributed by atoms with E-state index in [1.54, 1.807) is 6.07 Å². The van der Waals surface area contributed by atoms with Gasteiger partial charge in [0.05, 0.1) is 11.8 Å². The summed E-state index contributed by atoms with van der Waals surface area (Å²) >= 11 is 0. The van der Waals surface area contributed by atoms with E-state index < -0.39 is 0 Å². The van der Waals surface area contributed by atoms with Gasteiger partial charge >= 0.3 is 0 Å². The van der Waals surface area contributed by atoms with Crippen LogP contribution in [-0.2, 0) is 0 Å². The van der Waals surface area contributed by atoms with Gasteiger partial charge in [-0.15, -0.1) is 0 Å². The van der Waals surface area contributed by atoms with Gasteiger partial charge in [0, 0.05) is 6.54 Å². The number of nitrogens with zero attached hydrogens (tertiary/aromatic N) is 1. The summed E-state index contributed by atoms with van der Waals surface area (Å²) < 4.78 is 5.46. The number of aromatic nitrogens is 1. The highest BCUT2D eigenvalue weighted by Crippen LogP contribution is 2.21. The molecule has 78 valence electrons. The van der Waals surface area contributed by atoms with Crippen LogP contribution in [0.4, 0.5) is 11.5 Å². The Morgan fingerprint density at radius 1 is 1.50 bits per heavy atom. The normalized spacial score (nSPS) is 10.3. The Morgan fingerprint density at radius 3 is 2.79 bits per heavy atom. The summed E-state index contributed by atoms with van der Waals surface area (Å²) in [6, 6.07) is 3.63. The Morgan fingerprint density at radius 2 is 2.21 bits per heavy atom. The van der Waals surface area contributed by atoms with Crippen LogP contribution in [0, 0.1) is 0 Å². The van der Waals surface area contributed by atoms with Crippen LogP contribution in [0.1, 0.15) is 20.8 Å². The van der Waals surface area contributed by atoms with Crippen LogP contribution in [0.3, 0.4) is 0 Å². The molecule has 0 amide bonds. The Kier molecular flexibility index (Phi) is 3.56. The van der Waals surface area contributed by atoms with Crippen LogP contribution in [0.5, 0.6) is 5.88 Å². The molecule has 1 heterocycles. The number of pyridine rings is 1. The molecular weight excluding hydrogens is 178 g/mol. The summed E-state index contributed by atoms with van der Waals surface area (Å²) in [4.78, 5) is 4.24. The zero-order valence-electron chi connectivity index (χ0n) is 8.87. The Labute approximate surface area is 84.5 Å². The average molecular weight is 195 g/mol. The molecular formula is C10H17N3O. The highest BCUT2D eigenvalue weighted by atomic mass is 16.5. The summed E-state index contributed by atoms with van der Waals surface area (Å²) in [5.74, 6) is 1.29. The van der Waals surface area contributed by atoms with E-state index in [1.807, 2.05) is 26.8 Å². The van der Waals surface area contributed by atoms with E-state index in [1.165, 1.54) is 0 Å². The molecule has 1 aromatic rings. The fraction of sp³-hybridized carbons (Fsp3) is 0.500. The molecule has 0 aromatic carbocycles. The molecule has 0 unspecified atom stereocenters. The molecule has 0 aliphatic carbocycles. The lowest BCUT2D eigenvalue weighted by Gasteiger charge is -2.12. The molecule has 0 radical (unpaired) electrons. The van der Waals surface area contributed by atoms with Crippen LogP contribution in [0.2, 0.25) is 0 Å². The molecule has 0 bridgehead atoms. The Bertz CT molecular complexity index is 299. The molecule has 1 aromatic heterocycles. The van der Waals surface area contributed by atoms with Gasteiger partial charge in [-0.3, -0.25) is 0 Å². The molecule has 4 nitrogen and oxygen atoms in total. The molecule has 1 rings (SSSR count). The van der Waals surface area contributed by atoms with Gasteiger partial charge in [0.1, 0.15) is 5.82 Å². The fourth-order valence-electron chi connectivity index (χ4n) is 1.05. The van der Waals surface area contributed by atoms with Gasteiger partial charge in [0.2, 0.25) is 5.88 Å². The van der Waals surface area contributed by atoms with Crippen molar-refractivity contribution in [3.8, 4) is 5.88 Å². The van der Waals surface area contributed by atoms with E-state index in [4.69, 9.17) is 10.5 Å². The lowest BCUT2D eigenvalue weighted by molar-refractivity contribution is 0.234. The highest BCUT2D eigenvalue weighted by molar-refractivity contribution is 5.53. The van der Waals surface area contributed by atoms with Crippen molar-refractivity contribution in [3.63, 3.8) is 0 Å². The molecule has 4 heteroatoms. The zero-order chi connectivity index (χ0) is 10.6. The maximum absolute atomic E-state index is 5.72. The van der Waals surface area contributed by atoms with Gasteiger partial charge in [-0.05, 0) is 32.9 Å². The summed E-state index contributed by atoms with van der Waals surface area (Å²) in [6.45, 7) is 6.74. The third-order valence-corrected chi connectivity index (χ3v) is 1.59. The van der Waals surface area contributed by atoms with Crippen LogP contribution in [0.25, 0.3) is 0 Å². The zero-order valence-corrected chi connectivity index (χ0v) is 8.87. The van der Waals surface area contributed by atoms with Crippen molar-refractivity contribution in [2.75, 3.05) is 17.6 Å². The number of hydrogen-bond acceptors (Lipinski definition) is 4. The number of hydrogen-bond donors (Lipinski definition) is 2. The number of nitrogens with one attached hydrogen (secondary N) is 1. The van der Waals surface area contributed by atoms with Crippen molar-refractivity contribution in [1.29, 1.82) is 0 Å². The number of nitrogen functional groups attached to an aromatic ring is 1. The first-order valence-corrected chi connectivity index (χ1v) is 4.80. The van der Waals surface area contributed by atoms with Crippen molar-refractivity contribution in [3.05, 3.63) is 12.1 Å². The minimum absolute atomic E-state index is 0.0849. The van der Waals surface area contributed by atoms with Gasteiger partial charge in [-0.2, -0.15) is 4.98 Å². The minimum atomic E-state index is 0.0849. The standard InChI is InChI=1S/C10H17N3O/c1-4-12-9-6-5-8(11)10(13-9)14-7(2)3/h5-7H,4,11H2,1-3H3,(H,12,13). The summed E-state index contributed by atoms with van der Waals surface area (Å²) in [6.07, 6.45) is 0.0849. The highest BCUT2D eigenvalue weighted by Gasteiger charge is 2.05. The van der Waals surface area contributed by atoms with Crippen LogP contribution < -0.4 is 15.8 Å². The van der Waals surface area contributed by atoms with E-state index in [9.17, 15) is 0 Å². The number of anilines is 2. The van der Waals surface area contributed by atoms with Crippen molar-refractivity contribution in [2.45, 2.75) is 26.9 Å². The van der Waals surface area contributed by atoms with Gasteiger partial charge in [0.15, 0.2) is 0 Å². The van der Waals surface area contributed by atoms with Crippen molar-refractivity contribution in [2.24, 2.45) is 0 Å². The molecule has 0 saturated carbocycles. The lowest BCUT2D eigenvalue weighted by atomic mass is 10.4. The number of nitrogens with two attached hydrogens (primary N) is 1. The monoisotopic (exact) mass is 195 g/mol. The van der Waals surface area contributed by atoms with Crippen LogP contribution >= 0.6 is 0 Å². The first-order valence-electron chi connectivity index (χ1n) is 4.80. The number of rotatable bonds is 4. The molecule has 3 N–H and O–H groups in total. The van der Waals surface area contributed by atoms with E-state index >= 15 is 0 Å². The molecule has 14 heavy (non-hydrogen) atoms. The Hall–Kier alpha value is -1.45. The second-order valence-corrected chi connectivity index (χ2v) is 3.29. The van der Waals surface area contributed by atoms with Gasteiger partial charge < -0.3 is 15.8 Å². The van der Waals surface area contributed by atoms with Crippen LogP contribution in [0.15, 0.2) is 12.1 Å². The van der Waals surface area contributed by atoms with Gasteiger partial charge in [-0.25, -0.2) is 0 Å². The third-order valence-electron chi connectivity index (χ3n) is 1.59. The molecule has 0 saturated heterocycles. The third kappa shape index (κ3) is 2.80. The topological polar surface area (TPSA) is 60.2 Å². The first-order chi connectivity index (χ1) is 6.63. The van der Waals surface area contributed by atoms with Gasteiger partial charge in [-0.1, -0.05) is 0 Å². The summed E-state index contributed by atoms with van der Waals surface area (Å²) in [5, 5.41) is 3.10. The van der Waals surface area contributed by atoms with Crippen molar-refractivity contribution >= 4 is 11.5 Å². The van der Waals surface area contributed by atoms with Crippen LogP contribution in [-0.4, -0.2) is 17.6 Å². The number of ether oxygens (including phenoxy) is 1. The summed E-state index contributed by atoms with van der Waals surface area (Å²) in [5.41, 5.74) is 6.29. The van der Waals surface area contributed by atoms with E-state index in [0.717, 1.165) is 12.4 Å². The SMILES string of the molecule is CCNc1ccc(N)c(OC(C)C)n1. The second kappa shape index (κ2) is 4.69. The fourth-order valence-corrected chi connectivity index (χ4v) is 1.05. The molecule has 0 atom stereocenters. The quantitative estimate of drug-likeness (QED) is 0.770.